The van der Waals surface area contributed by atoms with Crippen LogP contribution in [0.25, 0.3) is 0 Å². The van der Waals surface area contributed by atoms with Crippen LogP contribution in [0.4, 0.5) is 5.95 Å². The van der Waals surface area contributed by atoms with Gasteiger partial charge in [-0.05, 0) is 24.8 Å². The molecule has 1 heterocycles. The molecule has 0 unspecified atom stereocenters. The Bertz CT molecular complexity index is 304. The van der Waals surface area contributed by atoms with E-state index in [1.807, 2.05) is 12.3 Å². The van der Waals surface area contributed by atoms with Crippen LogP contribution in [0.3, 0.4) is 0 Å². The van der Waals surface area contributed by atoms with Gasteiger partial charge in [0.25, 0.3) is 0 Å². The van der Waals surface area contributed by atoms with Gasteiger partial charge < -0.3 is 4.90 Å². The zero-order valence-electron chi connectivity index (χ0n) is 10.9. The van der Waals surface area contributed by atoms with Crippen LogP contribution in [0, 0.1) is 0 Å². The van der Waals surface area contributed by atoms with Gasteiger partial charge in [-0.1, -0.05) is 27.7 Å². The van der Waals surface area contributed by atoms with Gasteiger partial charge in [-0.2, -0.15) is 0 Å². The summed E-state index contributed by atoms with van der Waals surface area (Å²) in [6.07, 6.45) is 4.14. The second kappa shape index (κ2) is 6.46. The Morgan fingerprint density at radius 3 is 2.31 bits per heavy atom. The lowest BCUT2D eigenvalue weighted by molar-refractivity contribution is 0.709. The van der Waals surface area contributed by atoms with E-state index in [2.05, 4.69) is 42.6 Å². The molecular formula is C13H23N3. The Labute approximate surface area is 98.9 Å². The lowest BCUT2D eigenvalue weighted by Gasteiger charge is -2.21. The molecule has 0 N–H and O–H groups in total. The van der Waals surface area contributed by atoms with Crippen molar-refractivity contribution in [3.8, 4) is 0 Å². The lowest BCUT2D eigenvalue weighted by Crippen LogP contribution is -2.27. The van der Waals surface area contributed by atoms with Gasteiger partial charge in [0, 0.05) is 25.0 Å². The SMILES string of the molecule is CCCN(CCC)c1nccc(C(C)C)n1. The van der Waals surface area contributed by atoms with Gasteiger partial charge in [0.2, 0.25) is 5.95 Å². The first kappa shape index (κ1) is 12.9. The summed E-state index contributed by atoms with van der Waals surface area (Å²) in [4.78, 5) is 11.3. The molecule has 0 radical (unpaired) electrons. The second-order valence-corrected chi connectivity index (χ2v) is 4.42. The molecular weight excluding hydrogens is 198 g/mol. The number of rotatable bonds is 6. The molecule has 0 saturated heterocycles. The Balaban J connectivity index is 2.86. The molecule has 3 nitrogen and oxygen atoms in total. The van der Waals surface area contributed by atoms with E-state index < -0.39 is 0 Å². The van der Waals surface area contributed by atoms with E-state index in [1.54, 1.807) is 0 Å². The van der Waals surface area contributed by atoms with Crippen molar-refractivity contribution in [1.29, 1.82) is 0 Å². The van der Waals surface area contributed by atoms with E-state index in [4.69, 9.17) is 0 Å². The first-order valence-corrected chi connectivity index (χ1v) is 6.26. The van der Waals surface area contributed by atoms with Crippen LogP contribution in [-0.4, -0.2) is 23.1 Å². The maximum Gasteiger partial charge on any atom is 0.225 e. The summed E-state index contributed by atoms with van der Waals surface area (Å²) in [7, 11) is 0. The summed E-state index contributed by atoms with van der Waals surface area (Å²) in [5.74, 6) is 1.35. The third-order valence-electron chi connectivity index (χ3n) is 2.53. The zero-order valence-corrected chi connectivity index (χ0v) is 10.9. The fraction of sp³-hybridized carbons (Fsp3) is 0.692. The normalized spacial score (nSPS) is 10.8. The van der Waals surface area contributed by atoms with Crippen molar-refractivity contribution in [1.82, 2.24) is 9.97 Å². The Morgan fingerprint density at radius 2 is 1.81 bits per heavy atom. The zero-order chi connectivity index (χ0) is 12.0. The van der Waals surface area contributed by atoms with Gasteiger partial charge in [0.1, 0.15) is 0 Å². The van der Waals surface area contributed by atoms with Gasteiger partial charge in [-0.3, -0.25) is 0 Å². The van der Waals surface area contributed by atoms with Crippen molar-refractivity contribution in [2.75, 3.05) is 18.0 Å². The van der Waals surface area contributed by atoms with Crippen molar-refractivity contribution in [3.63, 3.8) is 0 Å². The van der Waals surface area contributed by atoms with Crippen molar-refractivity contribution < 1.29 is 0 Å². The first-order valence-electron chi connectivity index (χ1n) is 6.26. The molecule has 0 fully saturated rings. The predicted octanol–water partition coefficient (Wildman–Crippen LogP) is 3.23. The minimum atomic E-state index is 0.465. The molecule has 0 aromatic carbocycles. The van der Waals surface area contributed by atoms with Crippen LogP contribution in [0.2, 0.25) is 0 Å². The van der Waals surface area contributed by atoms with Crippen LogP contribution >= 0.6 is 0 Å². The minimum absolute atomic E-state index is 0.465. The summed E-state index contributed by atoms with van der Waals surface area (Å²) in [5.41, 5.74) is 1.13. The molecule has 0 saturated carbocycles. The molecule has 0 aliphatic carbocycles. The standard InChI is InChI=1S/C13H23N3/c1-5-9-16(10-6-2)13-14-8-7-12(15-13)11(3)4/h7-8,11H,5-6,9-10H2,1-4H3. The highest BCUT2D eigenvalue weighted by Crippen LogP contribution is 2.15. The third kappa shape index (κ3) is 3.47. The van der Waals surface area contributed by atoms with E-state index in [9.17, 15) is 0 Å². The molecule has 0 spiro atoms. The fourth-order valence-corrected chi connectivity index (χ4v) is 1.69. The number of nitrogens with zero attached hydrogens (tertiary/aromatic N) is 3. The smallest absolute Gasteiger partial charge is 0.225 e. The molecule has 3 heteroatoms. The van der Waals surface area contributed by atoms with E-state index in [1.165, 1.54) is 0 Å². The Hall–Kier alpha value is -1.12. The van der Waals surface area contributed by atoms with Crippen LogP contribution in [0.15, 0.2) is 12.3 Å². The molecule has 0 aliphatic rings. The third-order valence-corrected chi connectivity index (χ3v) is 2.53. The molecule has 0 bridgehead atoms. The highest BCUT2D eigenvalue weighted by molar-refractivity contribution is 5.30. The molecule has 0 aliphatic heterocycles. The topological polar surface area (TPSA) is 29.0 Å². The van der Waals surface area contributed by atoms with Gasteiger partial charge in [-0.15, -0.1) is 0 Å². The molecule has 1 aromatic heterocycles. The predicted molar refractivity (Wildman–Crippen MR) is 68.9 cm³/mol. The second-order valence-electron chi connectivity index (χ2n) is 4.42. The van der Waals surface area contributed by atoms with Crippen molar-refractivity contribution >= 4 is 5.95 Å². The average molecular weight is 221 g/mol. The molecule has 90 valence electrons. The van der Waals surface area contributed by atoms with E-state index >= 15 is 0 Å². The molecule has 16 heavy (non-hydrogen) atoms. The molecule has 1 rings (SSSR count). The Morgan fingerprint density at radius 1 is 1.19 bits per heavy atom. The fourth-order valence-electron chi connectivity index (χ4n) is 1.69. The van der Waals surface area contributed by atoms with Crippen molar-refractivity contribution in [2.45, 2.75) is 46.5 Å². The largest absolute Gasteiger partial charge is 0.341 e. The number of anilines is 1. The van der Waals surface area contributed by atoms with Crippen molar-refractivity contribution in [3.05, 3.63) is 18.0 Å². The highest BCUT2D eigenvalue weighted by Gasteiger charge is 2.09. The van der Waals surface area contributed by atoms with E-state index in [0.29, 0.717) is 5.92 Å². The van der Waals surface area contributed by atoms with Gasteiger partial charge >= 0.3 is 0 Å². The monoisotopic (exact) mass is 221 g/mol. The molecule has 0 amide bonds. The van der Waals surface area contributed by atoms with Gasteiger partial charge in [-0.25, -0.2) is 9.97 Å². The maximum atomic E-state index is 4.62. The quantitative estimate of drug-likeness (QED) is 0.738. The van der Waals surface area contributed by atoms with Crippen molar-refractivity contribution in [2.24, 2.45) is 0 Å². The van der Waals surface area contributed by atoms with Gasteiger partial charge in [0.05, 0.1) is 0 Å². The number of hydrogen-bond donors (Lipinski definition) is 0. The van der Waals surface area contributed by atoms with Crippen LogP contribution in [0.5, 0.6) is 0 Å². The summed E-state index contributed by atoms with van der Waals surface area (Å²) in [5, 5.41) is 0. The summed E-state index contributed by atoms with van der Waals surface area (Å²) in [6, 6.07) is 2.00. The number of hydrogen-bond acceptors (Lipinski definition) is 3. The summed E-state index contributed by atoms with van der Waals surface area (Å²) < 4.78 is 0. The first-order chi connectivity index (χ1) is 7.69. The van der Waals surface area contributed by atoms with Crippen LogP contribution < -0.4 is 4.90 Å². The minimum Gasteiger partial charge on any atom is -0.341 e. The summed E-state index contributed by atoms with van der Waals surface area (Å²) >= 11 is 0. The van der Waals surface area contributed by atoms with E-state index in [0.717, 1.165) is 37.6 Å². The molecule has 1 aromatic rings. The maximum absolute atomic E-state index is 4.62. The summed E-state index contributed by atoms with van der Waals surface area (Å²) in [6.45, 7) is 10.8. The highest BCUT2D eigenvalue weighted by atomic mass is 15.2. The van der Waals surface area contributed by atoms with Crippen LogP contribution in [-0.2, 0) is 0 Å². The number of aromatic nitrogens is 2. The van der Waals surface area contributed by atoms with Gasteiger partial charge in [0.15, 0.2) is 0 Å². The average Bonchev–Trinajstić information content (AvgIpc) is 2.29. The Kier molecular flexibility index (Phi) is 5.23. The lowest BCUT2D eigenvalue weighted by atomic mass is 10.1. The van der Waals surface area contributed by atoms with Crippen LogP contribution in [0.1, 0.15) is 52.1 Å². The molecule has 0 atom stereocenters. The van der Waals surface area contributed by atoms with E-state index in [-0.39, 0.29) is 0 Å².